The van der Waals surface area contributed by atoms with Gasteiger partial charge in [-0.15, -0.1) is 0 Å². The topological polar surface area (TPSA) is 18.5 Å². The van der Waals surface area contributed by atoms with Crippen LogP contribution in [0.2, 0.25) is 6.55 Å². The molecule has 0 aliphatic carbocycles. The zero-order valence-corrected chi connectivity index (χ0v) is 9.61. The Morgan fingerprint density at radius 2 is 1.27 bits per heavy atom. The first kappa shape index (κ1) is 11.4. The Morgan fingerprint density at radius 1 is 1.00 bits per heavy atom. The van der Waals surface area contributed by atoms with Gasteiger partial charge in [0.1, 0.15) is 0 Å². The summed E-state index contributed by atoms with van der Waals surface area (Å²) in [5.41, 5.74) is 0. The van der Waals surface area contributed by atoms with Gasteiger partial charge in [-0.25, -0.2) is 0 Å². The molecule has 0 bridgehead atoms. The molecular formula is C7H17ClO2Si. The summed E-state index contributed by atoms with van der Waals surface area (Å²) >= 11 is 6.02. The lowest BCUT2D eigenvalue weighted by molar-refractivity contribution is 0.126. The zero-order valence-electron chi connectivity index (χ0n) is 7.85. The number of halogens is 1. The van der Waals surface area contributed by atoms with Gasteiger partial charge in [-0.05, 0) is 34.2 Å². The Balaban J connectivity index is 3.79. The molecule has 0 saturated carbocycles. The molecule has 0 unspecified atom stereocenters. The number of hydrogen-bond donors (Lipinski definition) is 0. The number of hydrogen-bond acceptors (Lipinski definition) is 2. The Kier molecular flexibility index (Phi) is 4.62. The molecule has 0 spiro atoms. The van der Waals surface area contributed by atoms with E-state index in [1.807, 2.05) is 34.2 Å². The van der Waals surface area contributed by atoms with E-state index in [9.17, 15) is 0 Å². The van der Waals surface area contributed by atoms with E-state index in [2.05, 4.69) is 0 Å². The van der Waals surface area contributed by atoms with Crippen molar-refractivity contribution in [2.24, 2.45) is 0 Å². The van der Waals surface area contributed by atoms with Gasteiger partial charge in [0.25, 0.3) is 0 Å². The first-order valence-corrected chi connectivity index (χ1v) is 7.21. The average Bonchev–Trinajstić information content (AvgIpc) is 1.53. The van der Waals surface area contributed by atoms with Crippen LogP contribution in [0.4, 0.5) is 0 Å². The van der Waals surface area contributed by atoms with Crippen LogP contribution in [0.5, 0.6) is 0 Å². The van der Waals surface area contributed by atoms with E-state index in [4.69, 9.17) is 19.9 Å². The van der Waals surface area contributed by atoms with E-state index in [0.29, 0.717) is 0 Å². The van der Waals surface area contributed by atoms with Gasteiger partial charge in [0.05, 0.1) is 0 Å². The van der Waals surface area contributed by atoms with Crippen LogP contribution in [-0.4, -0.2) is 20.1 Å². The van der Waals surface area contributed by atoms with E-state index in [-0.39, 0.29) is 12.2 Å². The summed E-state index contributed by atoms with van der Waals surface area (Å²) in [6, 6.07) is 0. The summed E-state index contributed by atoms with van der Waals surface area (Å²) < 4.78 is 10.9. The van der Waals surface area contributed by atoms with Gasteiger partial charge >= 0.3 is 7.87 Å². The van der Waals surface area contributed by atoms with Crippen molar-refractivity contribution in [3.63, 3.8) is 0 Å². The van der Waals surface area contributed by atoms with Gasteiger partial charge in [-0.2, -0.15) is 0 Å². The highest BCUT2D eigenvalue weighted by Crippen LogP contribution is 2.16. The molecule has 0 saturated heterocycles. The maximum atomic E-state index is 6.02. The first-order valence-electron chi connectivity index (χ1n) is 3.88. The van der Waals surface area contributed by atoms with Crippen LogP contribution in [0.15, 0.2) is 0 Å². The van der Waals surface area contributed by atoms with E-state index < -0.39 is 7.87 Å². The molecule has 0 amide bonds. The van der Waals surface area contributed by atoms with Crippen LogP contribution in [0, 0.1) is 0 Å². The molecule has 0 heterocycles. The van der Waals surface area contributed by atoms with E-state index in [0.717, 1.165) is 0 Å². The normalized spacial score (nSPS) is 13.1. The van der Waals surface area contributed by atoms with Crippen molar-refractivity contribution >= 4 is 18.9 Å². The highest BCUT2D eigenvalue weighted by Gasteiger charge is 2.31. The second kappa shape index (κ2) is 4.45. The highest BCUT2D eigenvalue weighted by atomic mass is 35.6. The lowest BCUT2D eigenvalue weighted by atomic mass is 10.5. The van der Waals surface area contributed by atoms with Crippen LogP contribution in [-0.2, 0) is 8.85 Å². The standard InChI is InChI=1S/C7H17ClO2Si/c1-6(2)9-11(5,8)10-7(3)4/h6-7H,1-5H3. The molecule has 0 atom stereocenters. The van der Waals surface area contributed by atoms with Gasteiger partial charge in [0.2, 0.25) is 0 Å². The van der Waals surface area contributed by atoms with E-state index in [1.54, 1.807) is 0 Å². The van der Waals surface area contributed by atoms with Crippen LogP contribution in [0.3, 0.4) is 0 Å². The van der Waals surface area contributed by atoms with Gasteiger partial charge in [0.15, 0.2) is 0 Å². The molecule has 0 aromatic rings. The highest BCUT2D eigenvalue weighted by molar-refractivity contribution is 7.12. The third-order valence-corrected chi connectivity index (χ3v) is 3.21. The quantitative estimate of drug-likeness (QED) is 0.509. The third-order valence-electron chi connectivity index (χ3n) is 0.892. The summed E-state index contributed by atoms with van der Waals surface area (Å²) in [4.78, 5) is 0. The minimum Gasteiger partial charge on any atom is -0.381 e. The largest absolute Gasteiger partial charge is 0.440 e. The van der Waals surface area contributed by atoms with Crippen molar-refractivity contribution in [3.8, 4) is 0 Å². The van der Waals surface area contributed by atoms with Crippen molar-refractivity contribution in [1.82, 2.24) is 0 Å². The Hall–Kier alpha value is 0.427. The maximum Gasteiger partial charge on any atom is 0.440 e. The van der Waals surface area contributed by atoms with E-state index >= 15 is 0 Å². The minimum atomic E-state index is -2.36. The van der Waals surface area contributed by atoms with Crippen LogP contribution < -0.4 is 0 Å². The summed E-state index contributed by atoms with van der Waals surface area (Å²) in [6.45, 7) is 9.66. The fraction of sp³-hybridized carbons (Fsp3) is 1.00. The summed E-state index contributed by atoms with van der Waals surface area (Å²) in [6.07, 6.45) is 0.283. The molecule has 0 aliphatic rings. The maximum absolute atomic E-state index is 6.02. The van der Waals surface area contributed by atoms with Gasteiger partial charge in [-0.1, -0.05) is 11.1 Å². The van der Waals surface area contributed by atoms with Crippen molar-refractivity contribution in [1.29, 1.82) is 0 Å². The molecule has 2 nitrogen and oxygen atoms in total. The van der Waals surface area contributed by atoms with Crippen LogP contribution in [0.25, 0.3) is 0 Å². The van der Waals surface area contributed by atoms with Crippen molar-refractivity contribution in [2.45, 2.75) is 46.4 Å². The fourth-order valence-corrected chi connectivity index (χ4v) is 3.68. The first-order chi connectivity index (χ1) is 4.83. The van der Waals surface area contributed by atoms with Gasteiger partial charge in [0, 0.05) is 12.2 Å². The molecule has 11 heavy (non-hydrogen) atoms. The molecule has 0 N–H and O–H groups in total. The summed E-state index contributed by atoms with van der Waals surface area (Å²) in [5.74, 6) is 0. The molecule has 0 aliphatic heterocycles. The van der Waals surface area contributed by atoms with Crippen molar-refractivity contribution < 1.29 is 8.85 Å². The average molecular weight is 197 g/mol. The monoisotopic (exact) mass is 196 g/mol. The molecule has 4 heteroatoms. The predicted molar refractivity (Wildman–Crippen MR) is 49.9 cm³/mol. The van der Waals surface area contributed by atoms with Crippen LogP contribution in [0.1, 0.15) is 27.7 Å². The smallest absolute Gasteiger partial charge is 0.381 e. The molecular weight excluding hydrogens is 180 g/mol. The Morgan fingerprint density at radius 3 is 1.45 bits per heavy atom. The Bertz CT molecular complexity index is 103. The van der Waals surface area contributed by atoms with E-state index in [1.165, 1.54) is 0 Å². The molecule has 0 radical (unpaired) electrons. The molecule has 0 rings (SSSR count). The SMILES string of the molecule is CC(C)O[Si](C)(Cl)OC(C)C. The predicted octanol–water partition coefficient (Wildman–Crippen LogP) is 2.64. The lowest BCUT2D eigenvalue weighted by Gasteiger charge is -2.24. The number of rotatable bonds is 4. The second-order valence-corrected chi connectivity index (χ2v) is 7.37. The minimum absolute atomic E-state index is 0.142. The van der Waals surface area contributed by atoms with Gasteiger partial charge < -0.3 is 8.85 Å². The summed E-state index contributed by atoms with van der Waals surface area (Å²) in [5, 5.41) is 0. The molecule has 68 valence electrons. The van der Waals surface area contributed by atoms with Crippen LogP contribution >= 0.6 is 11.1 Å². The Labute approximate surface area is 74.8 Å². The summed E-state index contributed by atoms with van der Waals surface area (Å²) in [7, 11) is -2.36. The molecule has 0 aromatic carbocycles. The molecule has 0 fully saturated rings. The zero-order chi connectivity index (χ0) is 9.07. The van der Waals surface area contributed by atoms with Gasteiger partial charge in [-0.3, -0.25) is 0 Å². The molecule has 0 aromatic heterocycles. The third kappa shape index (κ3) is 6.81. The van der Waals surface area contributed by atoms with Crippen molar-refractivity contribution in [3.05, 3.63) is 0 Å². The fourth-order valence-electron chi connectivity index (χ4n) is 0.870. The van der Waals surface area contributed by atoms with Crippen molar-refractivity contribution in [2.75, 3.05) is 0 Å². The second-order valence-electron chi connectivity index (χ2n) is 3.17. The lowest BCUT2D eigenvalue weighted by Crippen LogP contribution is -2.37.